The molecule has 0 unspecified atom stereocenters. The molecule has 7 nitrogen and oxygen atoms in total. The zero-order chi connectivity index (χ0) is 21.1. The van der Waals surface area contributed by atoms with Gasteiger partial charge in [-0.15, -0.1) is 0 Å². The molecule has 0 radical (unpaired) electrons. The number of methoxy groups -OCH3 is 2. The van der Waals surface area contributed by atoms with Crippen LogP contribution in [0.2, 0.25) is 0 Å². The summed E-state index contributed by atoms with van der Waals surface area (Å²) in [7, 11) is 4.90. The molecule has 0 saturated heterocycles. The number of ether oxygens (including phenoxy) is 2. The van der Waals surface area contributed by atoms with Crippen LogP contribution in [0.3, 0.4) is 0 Å². The number of hydrogen-bond donors (Lipinski definition) is 1. The van der Waals surface area contributed by atoms with Gasteiger partial charge in [-0.05, 0) is 0 Å². The Morgan fingerprint density at radius 1 is 1.10 bits per heavy atom. The summed E-state index contributed by atoms with van der Waals surface area (Å²) in [4.78, 5) is 21.8. The van der Waals surface area contributed by atoms with E-state index in [2.05, 4.69) is 15.2 Å². The second-order valence-corrected chi connectivity index (χ2v) is 6.84. The Morgan fingerprint density at radius 3 is 2.60 bits per heavy atom. The molecule has 0 fully saturated rings. The Balaban J connectivity index is 1.58. The summed E-state index contributed by atoms with van der Waals surface area (Å²) in [5, 5.41) is 3.68. The predicted molar refractivity (Wildman–Crippen MR) is 117 cm³/mol. The number of nitrogens with one attached hydrogen (secondary N) is 1. The van der Waals surface area contributed by atoms with Crippen molar-refractivity contribution < 1.29 is 14.3 Å². The topological polar surface area (TPSA) is 78.3 Å². The monoisotopic (exact) mass is 400 g/mol. The Bertz CT molecular complexity index is 1200. The molecule has 2 heterocycles. The van der Waals surface area contributed by atoms with E-state index < -0.39 is 0 Å². The van der Waals surface area contributed by atoms with Crippen molar-refractivity contribution in [1.82, 2.24) is 14.3 Å². The molecule has 2 aromatic carbocycles. The van der Waals surface area contributed by atoms with E-state index in [0.717, 1.165) is 22.4 Å². The SMILES string of the molecule is COc1ccc(Cn2bnc(NC(=O)c3cc(OC)nc4ccccc34)c2C)cc1. The van der Waals surface area contributed by atoms with Crippen LogP contribution in [-0.2, 0) is 6.54 Å². The number of para-hydroxylation sites is 1. The van der Waals surface area contributed by atoms with E-state index in [4.69, 9.17) is 9.47 Å². The van der Waals surface area contributed by atoms with Crippen LogP contribution in [0.4, 0.5) is 5.82 Å². The Hall–Kier alpha value is -3.68. The summed E-state index contributed by atoms with van der Waals surface area (Å²) in [6.45, 7) is 2.57. The maximum atomic E-state index is 13.0. The van der Waals surface area contributed by atoms with E-state index in [1.54, 1.807) is 20.4 Å². The first-order chi connectivity index (χ1) is 14.6. The molecular weight excluding hydrogens is 379 g/mol. The Kier molecular flexibility index (Phi) is 5.47. The minimum atomic E-state index is -0.260. The molecule has 4 rings (SSSR count). The van der Waals surface area contributed by atoms with Crippen molar-refractivity contribution in [2.24, 2.45) is 0 Å². The van der Waals surface area contributed by atoms with Crippen LogP contribution in [0.1, 0.15) is 21.6 Å². The molecule has 0 atom stereocenters. The van der Waals surface area contributed by atoms with E-state index in [0.29, 0.717) is 29.3 Å². The number of carbonyl (C=O) groups is 1. The molecule has 0 aliphatic heterocycles. The zero-order valence-corrected chi connectivity index (χ0v) is 17.0. The third-order valence-electron chi connectivity index (χ3n) is 4.99. The average Bonchev–Trinajstić information content (AvgIpc) is 3.12. The first-order valence-electron chi connectivity index (χ1n) is 9.49. The number of amides is 1. The first-order valence-corrected chi connectivity index (χ1v) is 9.49. The van der Waals surface area contributed by atoms with Gasteiger partial charge >= 0.3 is 174 Å². The molecule has 0 aliphatic rings. The molecule has 0 aliphatic carbocycles. The van der Waals surface area contributed by atoms with E-state index >= 15 is 0 Å². The molecule has 1 amide bonds. The number of fused-ring (bicyclic) bond motifs is 1. The second-order valence-electron chi connectivity index (χ2n) is 6.84. The molecule has 0 bridgehead atoms. The van der Waals surface area contributed by atoms with Gasteiger partial charge in [-0.25, -0.2) is 0 Å². The van der Waals surface area contributed by atoms with Crippen molar-refractivity contribution in [2.75, 3.05) is 19.5 Å². The Labute approximate surface area is 174 Å². The third kappa shape index (κ3) is 3.89. The van der Waals surface area contributed by atoms with E-state index in [1.807, 2.05) is 59.9 Å². The van der Waals surface area contributed by atoms with Crippen LogP contribution in [0, 0.1) is 6.92 Å². The van der Waals surface area contributed by atoms with Gasteiger partial charge in [0.2, 0.25) is 0 Å². The van der Waals surface area contributed by atoms with E-state index in [-0.39, 0.29) is 5.91 Å². The number of benzene rings is 2. The molecule has 1 N–H and O–H groups in total. The van der Waals surface area contributed by atoms with Gasteiger partial charge in [0.1, 0.15) is 0 Å². The fourth-order valence-corrected chi connectivity index (χ4v) is 3.27. The fraction of sp³-hybridized carbons (Fsp3) is 0.182. The fourth-order valence-electron chi connectivity index (χ4n) is 3.27. The molecule has 0 spiro atoms. The van der Waals surface area contributed by atoms with Gasteiger partial charge in [0, 0.05) is 0 Å². The van der Waals surface area contributed by atoms with Crippen LogP contribution in [0.5, 0.6) is 11.6 Å². The standard InChI is InChI=1S/C22H21BN4O3/c1-14-21(26-23-27(14)13-15-8-10-16(29-2)11-9-15)25-22(28)18-12-20(30-3)24-19-7-5-4-6-17(18)19/h4-12H,13H2,1-3H3,(H,25,28). The first kappa shape index (κ1) is 19.6. The summed E-state index contributed by atoms with van der Waals surface area (Å²) < 4.78 is 12.4. The van der Waals surface area contributed by atoms with Crippen LogP contribution < -0.4 is 14.8 Å². The van der Waals surface area contributed by atoms with Gasteiger partial charge in [-0.3, -0.25) is 0 Å². The number of carbonyl (C=O) groups excluding carboxylic acids is 1. The third-order valence-corrected chi connectivity index (χ3v) is 4.99. The van der Waals surface area contributed by atoms with Crippen LogP contribution in [0.25, 0.3) is 10.9 Å². The maximum absolute atomic E-state index is 13.0. The Morgan fingerprint density at radius 2 is 1.87 bits per heavy atom. The quantitative estimate of drug-likeness (QED) is 0.537. The van der Waals surface area contributed by atoms with Crippen LogP contribution in [-0.4, -0.2) is 41.7 Å². The van der Waals surface area contributed by atoms with Gasteiger partial charge in [-0.2, -0.15) is 0 Å². The van der Waals surface area contributed by atoms with Gasteiger partial charge in [0.15, 0.2) is 0 Å². The summed E-state index contributed by atoms with van der Waals surface area (Å²) in [6.07, 6.45) is 0. The number of pyridine rings is 1. The second kappa shape index (κ2) is 8.36. The predicted octanol–water partition coefficient (Wildman–Crippen LogP) is 3.40. The van der Waals surface area contributed by atoms with Crippen molar-refractivity contribution in [3.8, 4) is 11.6 Å². The van der Waals surface area contributed by atoms with Gasteiger partial charge in [-0.1, -0.05) is 0 Å². The summed E-state index contributed by atoms with van der Waals surface area (Å²) in [5.74, 6) is 1.47. The van der Waals surface area contributed by atoms with E-state index in [1.165, 1.54) is 7.11 Å². The normalized spacial score (nSPS) is 10.6. The van der Waals surface area contributed by atoms with Gasteiger partial charge < -0.3 is 0 Å². The van der Waals surface area contributed by atoms with Crippen molar-refractivity contribution in [3.05, 3.63) is 71.4 Å². The number of nitrogens with zero attached hydrogens (tertiary/aromatic N) is 3. The number of aromatic nitrogens is 3. The molecule has 8 heteroatoms. The summed E-state index contributed by atoms with van der Waals surface area (Å²) >= 11 is 0. The van der Waals surface area contributed by atoms with Gasteiger partial charge in [0.05, 0.1) is 0 Å². The molecule has 2 aromatic heterocycles. The van der Waals surface area contributed by atoms with Crippen molar-refractivity contribution >= 4 is 29.8 Å². The van der Waals surface area contributed by atoms with Gasteiger partial charge in [0.25, 0.3) is 0 Å². The number of hydrogen-bond acceptors (Lipinski definition) is 5. The molecule has 4 aromatic rings. The van der Waals surface area contributed by atoms with Crippen LogP contribution >= 0.6 is 0 Å². The van der Waals surface area contributed by atoms with E-state index in [9.17, 15) is 4.79 Å². The summed E-state index contributed by atoms with van der Waals surface area (Å²) in [5.41, 5.74) is 3.16. The summed E-state index contributed by atoms with van der Waals surface area (Å²) in [6, 6.07) is 17.0. The number of rotatable bonds is 6. The molecule has 0 saturated carbocycles. The number of anilines is 1. The van der Waals surface area contributed by atoms with Crippen molar-refractivity contribution in [2.45, 2.75) is 13.5 Å². The molecule has 150 valence electrons. The molecule has 30 heavy (non-hydrogen) atoms. The van der Waals surface area contributed by atoms with Crippen molar-refractivity contribution in [1.29, 1.82) is 0 Å². The zero-order valence-electron chi connectivity index (χ0n) is 17.0. The molecular formula is C22H21BN4O3. The minimum absolute atomic E-state index is 0.260. The average molecular weight is 400 g/mol. The van der Waals surface area contributed by atoms with Crippen molar-refractivity contribution in [3.63, 3.8) is 0 Å². The van der Waals surface area contributed by atoms with Crippen LogP contribution in [0.15, 0.2) is 54.6 Å².